The van der Waals surface area contributed by atoms with Crippen LogP contribution in [0.3, 0.4) is 0 Å². The fourth-order valence-corrected chi connectivity index (χ4v) is 3.82. The fraction of sp³-hybridized carbons (Fsp3) is 0.600. The Hall–Kier alpha value is -0.730. The minimum absolute atomic E-state index is 0.00460. The lowest BCUT2D eigenvalue weighted by molar-refractivity contribution is 0.0269. The molecule has 98 valence electrons. The van der Waals surface area contributed by atoms with Gasteiger partial charge in [-0.05, 0) is 56.8 Å². The first-order valence-electron chi connectivity index (χ1n) is 6.94. The average Bonchev–Trinajstić information content (AvgIpc) is 2.65. The van der Waals surface area contributed by atoms with Crippen LogP contribution in [0.15, 0.2) is 18.2 Å². The normalized spacial score (nSPS) is 24.9. The molecule has 1 aliphatic heterocycles. The topological polar surface area (TPSA) is 35.2 Å². The highest BCUT2D eigenvalue weighted by Crippen LogP contribution is 2.53. The van der Waals surface area contributed by atoms with Crippen molar-refractivity contribution in [3.63, 3.8) is 0 Å². The summed E-state index contributed by atoms with van der Waals surface area (Å²) in [4.78, 5) is 0. The van der Waals surface area contributed by atoms with Crippen molar-refractivity contribution in [2.75, 3.05) is 6.54 Å². The maximum Gasteiger partial charge on any atom is 0.123 e. The molecule has 2 N–H and O–H groups in total. The SMILES string of the molecule is NCC[C@@H]1c2cc(Cl)ccc2OC12CCCCC2. The Balaban J connectivity index is 1.99. The van der Waals surface area contributed by atoms with Crippen molar-refractivity contribution >= 4 is 11.6 Å². The molecule has 1 aromatic carbocycles. The van der Waals surface area contributed by atoms with Crippen molar-refractivity contribution in [1.82, 2.24) is 0 Å². The minimum Gasteiger partial charge on any atom is -0.486 e. The third-order valence-electron chi connectivity index (χ3n) is 4.45. The van der Waals surface area contributed by atoms with Crippen LogP contribution < -0.4 is 10.5 Å². The van der Waals surface area contributed by atoms with E-state index in [1.54, 1.807) is 0 Å². The molecule has 2 nitrogen and oxygen atoms in total. The summed E-state index contributed by atoms with van der Waals surface area (Å²) in [6.45, 7) is 0.710. The van der Waals surface area contributed by atoms with Gasteiger partial charge in [-0.3, -0.25) is 0 Å². The molecule has 0 radical (unpaired) electrons. The summed E-state index contributed by atoms with van der Waals surface area (Å²) in [5, 5.41) is 0.798. The molecule has 3 rings (SSSR count). The van der Waals surface area contributed by atoms with Crippen LogP contribution >= 0.6 is 11.6 Å². The van der Waals surface area contributed by atoms with Gasteiger partial charge in [-0.15, -0.1) is 0 Å². The smallest absolute Gasteiger partial charge is 0.123 e. The van der Waals surface area contributed by atoms with E-state index in [0.717, 1.165) is 30.0 Å². The number of halogens is 1. The van der Waals surface area contributed by atoms with Gasteiger partial charge in [0, 0.05) is 16.5 Å². The Morgan fingerprint density at radius 1 is 1.28 bits per heavy atom. The summed E-state index contributed by atoms with van der Waals surface area (Å²) in [6.07, 6.45) is 7.17. The van der Waals surface area contributed by atoms with Crippen molar-refractivity contribution in [1.29, 1.82) is 0 Å². The molecule has 1 spiro atoms. The number of fused-ring (bicyclic) bond motifs is 1. The van der Waals surface area contributed by atoms with Crippen molar-refractivity contribution in [2.24, 2.45) is 5.73 Å². The third kappa shape index (κ3) is 1.92. The Kier molecular flexibility index (Phi) is 3.25. The monoisotopic (exact) mass is 265 g/mol. The van der Waals surface area contributed by atoms with Crippen LogP contribution in [0.5, 0.6) is 5.75 Å². The van der Waals surface area contributed by atoms with Crippen LogP contribution in [0.1, 0.15) is 50.0 Å². The van der Waals surface area contributed by atoms with E-state index in [0.29, 0.717) is 12.5 Å². The van der Waals surface area contributed by atoms with Crippen molar-refractivity contribution < 1.29 is 4.74 Å². The van der Waals surface area contributed by atoms with Gasteiger partial charge in [-0.25, -0.2) is 0 Å². The number of hydrogen-bond acceptors (Lipinski definition) is 2. The number of rotatable bonds is 2. The number of nitrogens with two attached hydrogens (primary N) is 1. The van der Waals surface area contributed by atoms with Gasteiger partial charge in [0.15, 0.2) is 0 Å². The van der Waals surface area contributed by atoms with E-state index >= 15 is 0 Å². The predicted molar refractivity (Wildman–Crippen MR) is 74.3 cm³/mol. The largest absolute Gasteiger partial charge is 0.486 e. The minimum atomic E-state index is 0.00460. The van der Waals surface area contributed by atoms with E-state index in [1.807, 2.05) is 12.1 Å². The van der Waals surface area contributed by atoms with Gasteiger partial charge in [0.2, 0.25) is 0 Å². The molecule has 0 saturated heterocycles. The highest BCUT2D eigenvalue weighted by Gasteiger charge is 2.48. The molecule has 1 heterocycles. The van der Waals surface area contributed by atoms with Crippen molar-refractivity contribution in [2.45, 2.75) is 50.0 Å². The molecular weight excluding hydrogens is 246 g/mol. The molecule has 1 aromatic rings. The molecule has 1 saturated carbocycles. The fourth-order valence-electron chi connectivity index (χ4n) is 3.64. The van der Waals surface area contributed by atoms with Gasteiger partial charge in [0.1, 0.15) is 11.4 Å². The summed E-state index contributed by atoms with van der Waals surface area (Å²) >= 11 is 6.13. The first kappa shape index (κ1) is 12.3. The second-order valence-electron chi connectivity index (χ2n) is 5.54. The Labute approximate surface area is 113 Å². The van der Waals surface area contributed by atoms with Crippen LogP contribution in [-0.2, 0) is 0 Å². The quantitative estimate of drug-likeness (QED) is 0.881. The summed E-state index contributed by atoms with van der Waals surface area (Å²) in [6, 6.07) is 6.01. The molecule has 1 atom stereocenters. The van der Waals surface area contributed by atoms with Gasteiger partial charge >= 0.3 is 0 Å². The first-order valence-corrected chi connectivity index (χ1v) is 7.31. The molecular formula is C15H20ClNO. The summed E-state index contributed by atoms with van der Waals surface area (Å²) < 4.78 is 6.34. The number of ether oxygens (including phenoxy) is 1. The molecule has 18 heavy (non-hydrogen) atoms. The summed E-state index contributed by atoms with van der Waals surface area (Å²) in [5.74, 6) is 1.45. The summed E-state index contributed by atoms with van der Waals surface area (Å²) in [5.41, 5.74) is 7.08. The zero-order chi connectivity index (χ0) is 12.6. The number of benzene rings is 1. The second kappa shape index (κ2) is 4.75. The van der Waals surface area contributed by atoms with Gasteiger partial charge < -0.3 is 10.5 Å². The van der Waals surface area contributed by atoms with E-state index in [2.05, 4.69) is 6.07 Å². The van der Waals surface area contributed by atoms with Crippen LogP contribution in [0.4, 0.5) is 0 Å². The van der Waals surface area contributed by atoms with Crippen molar-refractivity contribution in [3.8, 4) is 5.75 Å². The molecule has 1 fully saturated rings. The van der Waals surface area contributed by atoms with Crippen LogP contribution in [0.2, 0.25) is 5.02 Å². The lowest BCUT2D eigenvalue weighted by Crippen LogP contribution is -2.40. The van der Waals surface area contributed by atoms with Crippen molar-refractivity contribution in [3.05, 3.63) is 28.8 Å². The second-order valence-corrected chi connectivity index (χ2v) is 5.98. The van der Waals surface area contributed by atoms with Crippen LogP contribution in [0.25, 0.3) is 0 Å². The Bertz CT molecular complexity index is 440. The maximum atomic E-state index is 6.34. The standard InChI is InChI=1S/C15H20ClNO/c16-11-4-5-14-12(10-11)13(6-9-17)15(18-14)7-2-1-3-8-15/h4-5,10,13H,1-3,6-9,17H2/t13-/m1/s1. The molecule has 3 heteroatoms. The zero-order valence-corrected chi connectivity index (χ0v) is 11.4. The number of hydrogen-bond donors (Lipinski definition) is 1. The van der Waals surface area contributed by atoms with E-state index in [4.69, 9.17) is 22.1 Å². The molecule has 1 aliphatic carbocycles. The first-order chi connectivity index (χ1) is 8.75. The van der Waals surface area contributed by atoms with Crippen LogP contribution in [0, 0.1) is 0 Å². The van der Waals surface area contributed by atoms with Crippen LogP contribution in [-0.4, -0.2) is 12.1 Å². The van der Waals surface area contributed by atoms with Gasteiger partial charge in [0.25, 0.3) is 0 Å². The molecule has 0 bridgehead atoms. The Morgan fingerprint density at radius 3 is 2.78 bits per heavy atom. The van der Waals surface area contributed by atoms with Gasteiger partial charge in [-0.2, -0.15) is 0 Å². The predicted octanol–water partition coefficient (Wildman–Crippen LogP) is 3.87. The lowest BCUT2D eigenvalue weighted by Gasteiger charge is -2.38. The zero-order valence-electron chi connectivity index (χ0n) is 10.6. The van der Waals surface area contributed by atoms with E-state index in [-0.39, 0.29) is 5.60 Å². The molecule has 2 aliphatic rings. The van der Waals surface area contributed by atoms with E-state index in [9.17, 15) is 0 Å². The maximum absolute atomic E-state index is 6.34. The molecule has 0 unspecified atom stereocenters. The summed E-state index contributed by atoms with van der Waals surface area (Å²) in [7, 11) is 0. The molecule has 0 aromatic heterocycles. The van der Waals surface area contributed by atoms with E-state index < -0.39 is 0 Å². The average molecular weight is 266 g/mol. The van der Waals surface area contributed by atoms with Gasteiger partial charge in [-0.1, -0.05) is 18.0 Å². The van der Waals surface area contributed by atoms with Gasteiger partial charge in [0.05, 0.1) is 0 Å². The third-order valence-corrected chi connectivity index (χ3v) is 4.69. The molecule has 0 amide bonds. The Morgan fingerprint density at radius 2 is 2.06 bits per heavy atom. The highest BCUT2D eigenvalue weighted by atomic mass is 35.5. The van der Waals surface area contributed by atoms with E-state index in [1.165, 1.54) is 24.8 Å². The highest BCUT2D eigenvalue weighted by molar-refractivity contribution is 6.30. The lowest BCUT2D eigenvalue weighted by atomic mass is 9.73.